The van der Waals surface area contributed by atoms with Crippen molar-refractivity contribution in [3.05, 3.63) is 45.2 Å². The van der Waals surface area contributed by atoms with Gasteiger partial charge in [0.15, 0.2) is 0 Å². The van der Waals surface area contributed by atoms with Crippen LogP contribution in [0.1, 0.15) is 15.2 Å². The number of hydrogen-bond acceptors (Lipinski definition) is 4. The number of carboxylic acid groups (broad SMARTS) is 1. The third kappa shape index (κ3) is 3.20. The maximum absolute atomic E-state index is 12.2. The van der Waals surface area contributed by atoms with Gasteiger partial charge in [-0.1, -0.05) is 15.9 Å². The maximum atomic E-state index is 12.2. The number of anilines is 1. The molecule has 0 fully saturated rings. The van der Waals surface area contributed by atoms with Crippen LogP contribution in [0.4, 0.5) is 5.69 Å². The molecule has 0 radical (unpaired) electrons. The summed E-state index contributed by atoms with van der Waals surface area (Å²) in [6.45, 7) is 1.57. The maximum Gasteiger partial charge on any atom is 0.346 e. The van der Waals surface area contributed by atoms with E-state index in [1.807, 2.05) is 0 Å². The summed E-state index contributed by atoms with van der Waals surface area (Å²) in [7, 11) is -3.77. The van der Waals surface area contributed by atoms with Crippen molar-refractivity contribution in [1.29, 1.82) is 0 Å². The number of hydrogen-bond donors (Lipinski definition) is 2. The Kier molecular flexibility index (Phi) is 4.17. The quantitative estimate of drug-likeness (QED) is 0.858. The summed E-state index contributed by atoms with van der Waals surface area (Å²) >= 11 is 4.00. The molecule has 0 atom stereocenters. The van der Waals surface area contributed by atoms with Gasteiger partial charge in [-0.05, 0) is 42.8 Å². The van der Waals surface area contributed by atoms with Crippen LogP contribution >= 0.6 is 27.3 Å². The molecule has 5 nitrogen and oxygen atoms in total. The monoisotopic (exact) mass is 375 g/mol. The summed E-state index contributed by atoms with van der Waals surface area (Å²) in [5.41, 5.74) is 0.842. The minimum absolute atomic E-state index is 0.0182. The van der Waals surface area contributed by atoms with Crippen LogP contribution in [0.2, 0.25) is 0 Å². The lowest BCUT2D eigenvalue weighted by molar-refractivity contribution is 0.0701. The molecule has 0 saturated carbocycles. The van der Waals surface area contributed by atoms with Crippen LogP contribution in [0.15, 0.2) is 39.0 Å². The van der Waals surface area contributed by atoms with Crippen molar-refractivity contribution in [3.8, 4) is 0 Å². The van der Waals surface area contributed by atoms with Crippen molar-refractivity contribution in [2.24, 2.45) is 0 Å². The van der Waals surface area contributed by atoms with Crippen molar-refractivity contribution < 1.29 is 18.3 Å². The van der Waals surface area contributed by atoms with E-state index in [0.29, 0.717) is 11.3 Å². The Morgan fingerprint density at radius 2 is 1.90 bits per heavy atom. The first-order valence-electron chi connectivity index (χ1n) is 5.42. The predicted molar refractivity (Wildman–Crippen MR) is 81.0 cm³/mol. The molecule has 0 bridgehead atoms. The zero-order valence-electron chi connectivity index (χ0n) is 10.3. The van der Waals surface area contributed by atoms with Gasteiger partial charge in [-0.3, -0.25) is 4.72 Å². The zero-order valence-corrected chi connectivity index (χ0v) is 13.5. The van der Waals surface area contributed by atoms with E-state index in [1.54, 1.807) is 31.2 Å². The number of benzene rings is 1. The molecule has 106 valence electrons. The molecule has 1 heterocycles. The Hall–Kier alpha value is -1.38. The number of sulfonamides is 1. The molecule has 8 heteroatoms. The van der Waals surface area contributed by atoms with Crippen LogP contribution < -0.4 is 4.72 Å². The average molecular weight is 376 g/mol. The van der Waals surface area contributed by atoms with Crippen molar-refractivity contribution in [2.45, 2.75) is 11.1 Å². The molecule has 0 aliphatic carbocycles. The Bertz CT molecular complexity index is 750. The largest absolute Gasteiger partial charge is 0.477 e. The lowest BCUT2D eigenvalue weighted by Gasteiger charge is -2.05. The second kappa shape index (κ2) is 5.55. The number of aromatic carboxylic acids is 1. The number of thiophene rings is 1. The van der Waals surface area contributed by atoms with E-state index in [9.17, 15) is 13.2 Å². The molecular weight excluding hydrogens is 366 g/mol. The number of nitrogens with one attached hydrogen (secondary N) is 1. The highest BCUT2D eigenvalue weighted by Gasteiger charge is 2.21. The highest BCUT2D eigenvalue weighted by atomic mass is 79.9. The summed E-state index contributed by atoms with van der Waals surface area (Å²) in [5, 5.41) is 8.95. The molecule has 0 amide bonds. The molecular formula is C12H10BrNO4S2. The smallest absolute Gasteiger partial charge is 0.346 e. The molecule has 0 spiro atoms. The van der Waals surface area contributed by atoms with Crippen molar-refractivity contribution in [3.63, 3.8) is 0 Å². The van der Waals surface area contributed by atoms with Gasteiger partial charge < -0.3 is 5.11 Å². The van der Waals surface area contributed by atoms with E-state index in [0.717, 1.165) is 15.8 Å². The van der Waals surface area contributed by atoms with Gasteiger partial charge in [-0.2, -0.15) is 0 Å². The Morgan fingerprint density at radius 3 is 2.40 bits per heavy atom. The molecule has 0 unspecified atom stereocenters. The van der Waals surface area contributed by atoms with Gasteiger partial charge in [0.1, 0.15) is 9.09 Å². The SMILES string of the molecule is Cc1cc(S(=O)(=O)Nc2ccc(Br)cc2)sc1C(=O)O. The first kappa shape index (κ1) is 15.0. The second-order valence-corrected chi connectivity index (χ2v) is 7.87. The molecule has 2 rings (SSSR count). The van der Waals surface area contributed by atoms with Crippen molar-refractivity contribution in [1.82, 2.24) is 0 Å². The van der Waals surface area contributed by atoms with Crippen molar-refractivity contribution in [2.75, 3.05) is 4.72 Å². The molecule has 2 aromatic rings. The molecule has 0 saturated heterocycles. The van der Waals surface area contributed by atoms with E-state index in [4.69, 9.17) is 5.11 Å². The summed E-state index contributed by atoms with van der Waals surface area (Å²) in [6, 6.07) is 8.00. The fourth-order valence-corrected chi connectivity index (χ4v) is 4.22. The molecule has 0 aliphatic rings. The van der Waals surface area contributed by atoms with Gasteiger partial charge in [0, 0.05) is 10.2 Å². The van der Waals surface area contributed by atoms with Crippen LogP contribution in [0.3, 0.4) is 0 Å². The van der Waals surface area contributed by atoms with Crippen molar-refractivity contribution >= 4 is 48.9 Å². The number of carboxylic acids is 1. The average Bonchev–Trinajstić information content (AvgIpc) is 2.75. The highest BCUT2D eigenvalue weighted by Crippen LogP contribution is 2.28. The summed E-state index contributed by atoms with van der Waals surface area (Å²) in [5.74, 6) is -1.13. The van der Waals surface area contributed by atoms with Crippen LogP contribution in [-0.2, 0) is 10.0 Å². The summed E-state index contributed by atoms with van der Waals surface area (Å²) in [4.78, 5) is 11.0. The summed E-state index contributed by atoms with van der Waals surface area (Å²) < 4.78 is 27.6. The number of aryl methyl sites for hydroxylation is 1. The minimum atomic E-state index is -3.77. The first-order valence-corrected chi connectivity index (χ1v) is 8.51. The fourth-order valence-electron chi connectivity index (χ4n) is 1.52. The topological polar surface area (TPSA) is 83.5 Å². The standard InChI is InChI=1S/C12H10BrNO4S2/c1-7-6-10(19-11(7)12(15)16)20(17,18)14-9-4-2-8(13)3-5-9/h2-6,14H,1H3,(H,15,16). The summed E-state index contributed by atoms with van der Waals surface area (Å²) in [6.07, 6.45) is 0. The van der Waals surface area contributed by atoms with Gasteiger partial charge >= 0.3 is 5.97 Å². The molecule has 2 N–H and O–H groups in total. The Labute approximate surface area is 128 Å². The van der Waals surface area contributed by atoms with Crippen LogP contribution in [0.5, 0.6) is 0 Å². The normalized spacial score (nSPS) is 11.3. The van der Waals surface area contributed by atoms with Crippen LogP contribution in [0.25, 0.3) is 0 Å². The lowest BCUT2D eigenvalue weighted by Crippen LogP contribution is -2.11. The molecule has 20 heavy (non-hydrogen) atoms. The lowest BCUT2D eigenvalue weighted by atomic mass is 10.3. The van der Waals surface area contributed by atoms with Gasteiger partial charge in [-0.25, -0.2) is 13.2 Å². The second-order valence-electron chi connectivity index (χ2n) is 4.00. The first-order chi connectivity index (χ1) is 9.29. The van der Waals surface area contributed by atoms with Gasteiger partial charge in [0.2, 0.25) is 0 Å². The number of halogens is 1. The minimum Gasteiger partial charge on any atom is -0.477 e. The van der Waals surface area contributed by atoms with Crippen LogP contribution in [-0.4, -0.2) is 19.5 Å². The van der Waals surface area contributed by atoms with Gasteiger partial charge in [-0.15, -0.1) is 11.3 Å². The fraction of sp³-hybridized carbons (Fsp3) is 0.0833. The van der Waals surface area contributed by atoms with E-state index in [1.165, 1.54) is 6.07 Å². The number of rotatable bonds is 4. The molecule has 1 aromatic carbocycles. The van der Waals surface area contributed by atoms with Gasteiger partial charge in [0.25, 0.3) is 10.0 Å². The third-order valence-electron chi connectivity index (χ3n) is 2.45. The third-order valence-corrected chi connectivity index (χ3v) is 6.06. The van der Waals surface area contributed by atoms with E-state index in [2.05, 4.69) is 20.7 Å². The molecule has 0 aliphatic heterocycles. The number of carbonyl (C=O) groups is 1. The van der Waals surface area contributed by atoms with E-state index in [-0.39, 0.29) is 9.09 Å². The van der Waals surface area contributed by atoms with Gasteiger partial charge in [0.05, 0.1) is 0 Å². The Morgan fingerprint density at radius 1 is 1.30 bits per heavy atom. The predicted octanol–water partition coefficient (Wildman–Crippen LogP) is 3.32. The van der Waals surface area contributed by atoms with E-state index < -0.39 is 16.0 Å². The van der Waals surface area contributed by atoms with E-state index >= 15 is 0 Å². The van der Waals surface area contributed by atoms with Crippen LogP contribution in [0, 0.1) is 6.92 Å². The molecule has 1 aromatic heterocycles. The zero-order chi connectivity index (χ0) is 14.9. The highest BCUT2D eigenvalue weighted by molar-refractivity contribution is 9.10. The Balaban J connectivity index is 2.33.